The molecule has 1 aromatic carbocycles. The minimum atomic E-state index is -1.29. The fourth-order valence-corrected chi connectivity index (χ4v) is 3.60. The van der Waals surface area contributed by atoms with Crippen LogP contribution in [0.2, 0.25) is 5.02 Å². The second kappa shape index (κ2) is 6.98. The molecule has 0 aliphatic heterocycles. The highest BCUT2D eigenvalue weighted by Gasteiger charge is 2.24. The van der Waals surface area contributed by atoms with E-state index in [1.807, 2.05) is 58.0 Å². The summed E-state index contributed by atoms with van der Waals surface area (Å²) in [4.78, 5) is 13.1. The minimum Gasteiger partial charge on any atom is -0.276 e. The van der Waals surface area contributed by atoms with Crippen molar-refractivity contribution in [1.82, 2.24) is 18.9 Å². The van der Waals surface area contributed by atoms with Gasteiger partial charge in [0.2, 0.25) is 0 Å². The van der Waals surface area contributed by atoms with Crippen LogP contribution in [0.3, 0.4) is 0 Å². The molecule has 138 valence electrons. The fourth-order valence-electron chi connectivity index (χ4n) is 2.59. The molecule has 2 aromatic heterocycles. The van der Waals surface area contributed by atoms with Crippen molar-refractivity contribution in [3.05, 3.63) is 63.8 Å². The number of benzene rings is 1. The van der Waals surface area contributed by atoms with Crippen molar-refractivity contribution >= 4 is 28.1 Å². The van der Waals surface area contributed by atoms with Crippen LogP contribution in [0.1, 0.15) is 39.4 Å². The van der Waals surface area contributed by atoms with Crippen LogP contribution in [-0.2, 0) is 11.0 Å². The molecule has 0 amide bonds. The molecule has 2 atom stereocenters. The van der Waals surface area contributed by atoms with Gasteiger partial charge in [-0.25, -0.2) is 13.4 Å². The van der Waals surface area contributed by atoms with E-state index in [1.54, 1.807) is 10.8 Å². The largest absolute Gasteiger partial charge is 0.282 e. The van der Waals surface area contributed by atoms with E-state index >= 15 is 0 Å². The molecule has 0 fully saturated rings. The molecule has 3 rings (SSSR count). The third-order valence-electron chi connectivity index (χ3n) is 3.97. The maximum Gasteiger partial charge on any atom is 0.282 e. The van der Waals surface area contributed by atoms with E-state index in [-0.39, 0.29) is 11.6 Å². The van der Waals surface area contributed by atoms with E-state index < -0.39 is 15.7 Å². The quantitative estimate of drug-likeness (QED) is 0.741. The van der Waals surface area contributed by atoms with E-state index in [0.717, 1.165) is 0 Å². The maximum absolute atomic E-state index is 13.1. The Morgan fingerprint density at radius 2 is 1.88 bits per heavy atom. The Bertz CT molecular complexity index is 1020. The molecular formula is C18H21ClN4O2S. The van der Waals surface area contributed by atoms with Gasteiger partial charge < -0.3 is 0 Å². The highest BCUT2D eigenvalue weighted by Crippen LogP contribution is 2.21. The molecule has 26 heavy (non-hydrogen) atoms. The molecule has 0 saturated heterocycles. The third-order valence-corrected chi connectivity index (χ3v) is 5.92. The molecule has 2 unspecified atom stereocenters. The Balaban J connectivity index is 2.21. The first-order valence-corrected chi connectivity index (χ1v) is 9.75. The Morgan fingerprint density at radius 3 is 2.50 bits per heavy atom. The molecule has 8 heteroatoms. The standard InChI is InChI=1S/C18H21ClN4O2S/c1-12(21-26(25)18(2,3)4)15-11-22-16(14(19)10-20-22)17(24)23(15)13-8-6-5-7-9-13/h5-12,21H,1-4H3. The number of para-hydroxylation sites is 1. The topological polar surface area (TPSA) is 68.4 Å². The summed E-state index contributed by atoms with van der Waals surface area (Å²) >= 11 is 6.15. The van der Waals surface area contributed by atoms with Gasteiger partial charge in [-0.1, -0.05) is 29.8 Å². The third kappa shape index (κ3) is 3.47. The van der Waals surface area contributed by atoms with Crippen LogP contribution in [-0.4, -0.2) is 23.1 Å². The van der Waals surface area contributed by atoms with Gasteiger partial charge in [-0.2, -0.15) is 5.10 Å². The van der Waals surface area contributed by atoms with Crippen molar-refractivity contribution in [1.29, 1.82) is 0 Å². The van der Waals surface area contributed by atoms with Gasteiger partial charge in [0, 0.05) is 5.69 Å². The molecule has 0 spiro atoms. The average molecular weight is 393 g/mol. The molecule has 2 heterocycles. The summed E-state index contributed by atoms with van der Waals surface area (Å²) in [6.07, 6.45) is 3.19. The van der Waals surface area contributed by atoms with Gasteiger partial charge in [-0.3, -0.25) is 9.36 Å². The van der Waals surface area contributed by atoms with Gasteiger partial charge in [0.05, 0.1) is 44.9 Å². The minimum absolute atomic E-state index is 0.272. The van der Waals surface area contributed by atoms with Crippen LogP contribution < -0.4 is 10.3 Å². The SMILES string of the molecule is CC(NS(=O)C(C)(C)C)c1cn2ncc(Cl)c2c(=O)n1-c1ccccc1. The van der Waals surface area contributed by atoms with Crippen molar-refractivity contribution in [2.45, 2.75) is 38.5 Å². The average Bonchev–Trinajstić information content (AvgIpc) is 2.96. The smallest absolute Gasteiger partial charge is 0.276 e. The van der Waals surface area contributed by atoms with Crippen LogP contribution in [0.5, 0.6) is 0 Å². The zero-order valence-corrected chi connectivity index (χ0v) is 16.6. The zero-order valence-electron chi connectivity index (χ0n) is 15.1. The number of halogens is 1. The lowest BCUT2D eigenvalue weighted by atomic mass is 10.2. The number of nitrogens with one attached hydrogen (secondary N) is 1. The predicted octanol–water partition coefficient (Wildman–Crippen LogP) is 3.25. The second-order valence-electron chi connectivity index (χ2n) is 7.04. The van der Waals surface area contributed by atoms with E-state index in [9.17, 15) is 9.00 Å². The van der Waals surface area contributed by atoms with Crippen molar-refractivity contribution in [2.75, 3.05) is 0 Å². The van der Waals surface area contributed by atoms with E-state index in [1.165, 1.54) is 10.7 Å². The van der Waals surface area contributed by atoms with Gasteiger partial charge in [-0.15, -0.1) is 0 Å². The number of rotatable bonds is 4. The molecule has 0 saturated carbocycles. The Hall–Kier alpha value is -1.96. The van der Waals surface area contributed by atoms with E-state index in [4.69, 9.17) is 11.6 Å². The lowest BCUT2D eigenvalue weighted by Gasteiger charge is -2.24. The molecule has 1 N–H and O–H groups in total. The van der Waals surface area contributed by atoms with Crippen LogP contribution >= 0.6 is 11.6 Å². The van der Waals surface area contributed by atoms with Gasteiger partial charge in [-0.05, 0) is 39.8 Å². The second-order valence-corrected chi connectivity index (χ2v) is 9.44. The number of hydrogen-bond donors (Lipinski definition) is 1. The zero-order chi connectivity index (χ0) is 19.1. The van der Waals surface area contributed by atoms with E-state index in [0.29, 0.717) is 21.9 Å². The molecule has 3 aromatic rings. The maximum atomic E-state index is 13.1. The first-order valence-electron chi connectivity index (χ1n) is 8.22. The summed E-state index contributed by atoms with van der Waals surface area (Å²) in [6, 6.07) is 8.95. The molecule has 0 bridgehead atoms. The number of hydrogen-bond acceptors (Lipinski definition) is 3. The summed E-state index contributed by atoms with van der Waals surface area (Å²) in [5.74, 6) is 0. The monoisotopic (exact) mass is 392 g/mol. The fraction of sp³-hybridized carbons (Fsp3) is 0.333. The summed E-state index contributed by atoms with van der Waals surface area (Å²) in [7, 11) is -1.29. The van der Waals surface area contributed by atoms with Gasteiger partial charge in [0.25, 0.3) is 5.56 Å². The Labute approximate surface area is 159 Å². The molecule has 6 nitrogen and oxygen atoms in total. The first kappa shape index (κ1) is 18.8. The highest BCUT2D eigenvalue weighted by atomic mass is 35.5. The van der Waals surface area contributed by atoms with Crippen LogP contribution in [0.4, 0.5) is 0 Å². The highest BCUT2D eigenvalue weighted by molar-refractivity contribution is 7.84. The van der Waals surface area contributed by atoms with Gasteiger partial charge >= 0.3 is 0 Å². The summed E-state index contributed by atoms with van der Waals surface area (Å²) in [5, 5.41) is 4.45. The Kier molecular flexibility index (Phi) is 5.05. The normalized spacial score (nSPS) is 14.5. The summed E-state index contributed by atoms with van der Waals surface area (Å²) in [6.45, 7) is 7.55. The molecule has 0 aliphatic carbocycles. The predicted molar refractivity (Wildman–Crippen MR) is 105 cm³/mol. The lowest BCUT2D eigenvalue weighted by Crippen LogP contribution is -2.37. The number of fused-ring (bicyclic) bond motifs is 1. The molecule has 0 aliphatic rings. The van der Waals surface area contributed by atoms with Crippen LogP contribution in [0, 0.1) is 0 Å². The van der Waals surface area contributed by atoms with E-state index in [2.05, 4.69) is 9.82 Å². The van der Waals surface area contributed by atoms with Crippen LogP contribution in [0.25, 0.3) is 11.2 Å². The molecule has 0 radical (unpaired) electrons. The molecular weight excluding hydrogens is 372 g/mol. The van der Waals surface area contributed by atoms with Crippen LogP contribution in [0.15, 0.2) is 47.5 Å². The van der Waals surface area contributed by atoms with Crippen molar-refractivity contribution in [3.8, 4) is 5.69 Å². The number of nitrogens with zero attached hydrogens (tertiary/aromatic N) is 3. The summed E-state index contributed by atoms with van der Waals surface area (Å²) < 4.78 is 18.2. The van der Waals surface area contributed by atoms with Crippen molar-refractivity contribution in [3.63, 3.8) is 0 Å². The van der Waals surface area contributed by atoms with Crippen molar-refractivity contribution in [2.24, 2.45) is 0 Å². The van der Waals surface area contributed by atoms with Gasteiger partial charge in [0.15, 0.2) is 5.52 Å². The Morgan fingerprint density at radius 1 is 1.23 bits per heavy atom. The first-order chi connectivity index (χ1) is 12.2. The number of aromatic nitrogens is 3. The van der Waals surface area contributed by atoms with Gasteiger partial charge in [0.1, 0.15) is 0 Å². The lowest BCUT2D eigenvalue weighted by molar-refractivity contribution is 0.601. The van der Waals surface area contributed by atoms with Crippen molar-refractivity contribution < 1.29 is 4.21 Å². The summed E-state index contributed by atoms with van der Waals surface area (Å²) in [5.41, 5.74) is 1.39.